The Bertz CT molecular complexity index is 822. The molecule has 2 rings (SSSR count). The van der Waals surface area contributed by atoms with Crippen molar-refractivity contribution in [1.29, 1.82) is 0 Å². The minimum absolute atomic E-state index is 0.0692. The summed E-state index contributed by atoms with van der Waals surface area (Å²) in [6, 6.07) is 15.5. The molecule has 3 N–H and O–H groups in total. The maximum absolute atomic E-state index is 12.1. The first kappa shape index (κ1) is 24.2. The first-order chi connectivity index (χ1) is 15.2. The number of ether oxygens (including phenoxy) is 2. The smallest absolute Gasteiger partial charge is 0.251 e. The Labute approximate surface area is 185 Å². The summed E-state index contributed by atoms with van der Waals surface area (Å²) < 4.78 is 10.6. The van der Waals surface area contributed by atoms with Crippen LogP contribution >= 0.6 is 0 Å². The van der Waals surface area contributed by atoms with Gasteiger partial charge in [0.25, 0.3) is 5.91 Å². The fourth-order valence-corrected chi connectivity index (χ4v) is 2.87. The van der Waals surface area contributed by atoms with Crippen molar-refractivity contribution in [3.05, 3.63) is 65.2 Å². The molecule has 0 spiro atoms. The number of rotatable bonds is 12. The summed E-state index contributed by atoms with van der Waals surface area (Å²) in [6.07, 6.45) is 0.893. The molecule has 0 aliphatic rings. The van der Waals surface area contributed by atoms with Crippen molar-refractivity contribution in [3.8, 4) is 5.75 Å². The number of methoxy groups -OCH3 is 1. The summed E-state index contributed by atoms with van der Waals surface area (Å²) >= 11 is 0. The molecule has 0 fully saturated rings. The van der Waals surface area contributed by atoms with Gasteiger partial charge in [0, 0.05) is 38.4 Å². The number of carbonyl (C=O) groups excluding carboxylic acids is 1. The van der Waals surface area contributed by atoms with E-state index in [2.05, 4.69) is 16.0 Å². The molecule has 0 bridgehead atoms. The molecule has 0 aromatic heterocycles. The molecule has 2 aromatic rings. The average Bonchev–Trinajstić information content (AvgIpc) is 2.81. The predicted molar refractivity (Wildman–Crippen MR) is 125 cm³/mol. The second-order valence-electron chi connectivity index (χ2n) is 6.90. The molecule has 1 amide bonds. The second-order valence-corrected chi connectivity index (χ2v) is 6.90. The largest absolute Gasteiger partial charge is 0.497 e. The summed E-state index contributed by atoms with van der Waals surface area (Å²) in [5.74, 6) is 1.48. The molecule has 7 nitrogen and oxygen atoms in total. The lowest BCUT2D eigenvalue weighted by Gasteiger charge is -2.13. The highest BCUT2D eigenvalue weighted by molar-refractivity contribution is 5.94. The van der Waals surface area contributed by atoms with Gasteiger partial charge in [-0.3, -0.25) is 4.79 Å². The minimum Gasteiger partial charge on any atom is -0.497 e. The molecule has 7 heteroatoms. The van der Waals surface area contributed by atoms with Crippen LogP contribution in [0.5, 0.6) is 5.75 Å². The van der Waals surface area contributed by atoms with Crippen molar-refractivity contribution >= 4 is 11.9 Å². The number of guanidine groups is 1. The van der Waals surface area contributed by atoms with Gasteiger partial charge in [0.1, 0.15) is 5.75 Å². The lowest BCUT2D eigenvalue weighted by molar-refractivity contribution is 0.0955. The molecule has 0 saturated heterocycles. The maximum Gasteiger partial charge on any atom is 0.251 e. The summed E-state index contributed by atoms with van der Waals surface area (Å²) in [6.45, 7) is 7.80. The van der Waals surface area contributed by atoms with Gasteiger partial charge in [0.05, 0.1) is 13.7 Å². The van der Waals surface area contributed by atoms with E-state index in [4.69, 9.17) is 14.5 Å². The van der Waals surface area contributed by atoms with Gasteiger partial charge < -0.3 is 25.4 Å². The molecule has 2 aromatic carbocycles. The van der Waals surface area contributed by atoms with Crippen molar-refractivity contribution in [2.45, 2.75) is 33.4 Å². The molecule has 0 aliphatic carbocycles. The van der Waals surface area contributed by atoms with Gasteiger partial charge in [0.15, 0.2) is 5.96 Å². The van der Waals surface area contributed by atoms with E-state index in [0.29, 0.717) is 31.8 Å². The van der Waals surface area contributed by atoms with E-state index in [0.717, 1.165) is 42.4 Å². The van der Waals surface area contributed by atoms with Gasteiger partial charge in [-0.2, -0.15) is 0 Å². The monoisotopic (exact) mass is 426 g/mol. The number of nitrogens with one attached hydrogen (secondary N) is 3. The molecule has 0 aliphatic heterocycles. The van der Waals surface area contributed by atoms with E-state index >= 15 is 0 Å². The molecule has 31 heavy (non-hydrogen) atoms. The molecular formula is C24H34N4O3. The highest BCUT2D eigenvalue weighted by Gasteiger charge is 2.05. The van der Waals surface area contributed by atoms with E-state index < -0.39 is 0 Å². The van der Waals surface area contributed by atoms with Crippen LogP contribution in [0.2, 0.25) is 0 Å². The van der Waals surface area contributed by atoms with E-state index in [-0.39, 0.29) is 5.91 Å². The Kier molecular flexibility index (Phi) is 11.0. The predicted octanol–water partition coefficient (Wildman–Crippen LogP) is 3.11. The number of nitrogens with zero attached hydrogens (tertiary/aromatic N) is 1. The highest BCUT2D eigenvalue weighted by atomic mass is 16.5. The molecule has 0 radical (unpaired) electrons. The van der Waals surface area contributed by atoms with Crippen LogP contribution in [0.1, 0.15) is 41.8 Å². The van der Waals surface area contributed by atoms with Crippen LogP contribution in [-0.4, -0.2) is 45.3 Å². The van der Waals surface area contributed by atoms with E-state index in [1.54, 1.807) is 7.11 Å². The van der Waals surface area contributed by atoms with Gasteiger partial charge in [0.2, 0.25) is 0 Å². The lowest BCUT2D eigenvalue weighted by Crippen LogP contribution is -2.37. The SMILES string of the molecule is CCNC(=O)c1cccc(CN=C(NCCCOCC)NCc2ccc(OC)cc2)c1. The van der Waals surface area contributed by atoms with Crippen LogP contribution in [-0.2, 0) is 17.8 Å². The number of hydrogen-bond donors (Lipinski definition) is 3. The van der Waals surface area contributed by atoms with Crippen LogP contribution in [0.25, 0.3) is 0 Å². The quantitative estimate of drug-likeness (QED) is 0.276. The fourth-order valence-electron chi connectivity index (χ4n) is 2.87. The Morgan fingerprint density at radius 2 is 1.81 bits per heavy atom. The van der Waals surface area contributed by atoms with Crippen LogP contribution in [0.3, 0.4) is 0 Å². The third-order valence-electron chi connectivity index (χ3n) is 4.53. The zero-order valence-electron chi connectivity index (χ0n) is 18.7. The zero-order chi connectivity index (χ0) is 22.3. The van der Waals surface area contributed by atoms with Crippen molar-refractivity contribution in [2.24, 2.45) is 4.99 Å². The Balaban J connectivity index is 2.01. The minimum atomic E-state index is -0.0692. The Hall–Kier alpha value is -3.06. The van der Waals surface area contributed by atoms with Crippen LogP contribution in [0, 0.1) is 0 Å². The molecule has 0 unspecified atom stereocenters. The molecule has 0 saturated carbocycles. The van der Waals surface area contributed by atoms with Crippen molar-refractivity contribution in [2.75, 3.05) is 33.4 Å². The number of amides is 1. The third-order valence-corrected chi connectivity index (χ3v) is 4.53. The Morgan fingerprint density at radius 3 is 2.52 bits per heavy atom. The normalized spacial score (nSPS) is 11.1. The van der Waals surface area contributed by atoms with E-state index in [9.17, 15) is 4.79 Å². The summed E-state index contributed by atoms with van der Waals surface area (Å²) in [5.41, 5.74) is 2.75. The van der Waals surface area contributed by atoms with Crippen LogP contribution in [0.15, 0.2) is 53.5 Å². The van der Waals surface area contributed by atoms with Crippen LogP contribution in [0.4, 0.5) is 0 Å². The van der Waals surface area contributed by atoms with Crippen LogP contribution < -0.4 is 20.7 Å². The van der Waals surface area contributed by atoms with Gasteiger partial charge in [-0.15, -0.1) is 0 Å². The van der Waals surface area contributed by atoms with Crippen molar-refractivity contribution in [1.82, 2.24) is 16.0 Å². The summed E-state index contributed by atoms with van der Waals surface area (Å²) in [5, 5.41) is 9.55. The number of hydrogen-bond acceptors (Lipinski definition) is 4. The number of aliphatic imine (C=N–C) groups is 1. The lowest BCUT2D eigenvalue weighted by atomic mass is 10.1. The zero-order valence-corrected chi connectivity index (χ0v) is 18.7. The molecule has 0 atom stereocenters. The summed E-state index contributed by atoms with van der Waals surface area (Å²) in [7, 11) is 1.66. The number of carbonyl (C=O) groups is 1. The average molecular weight is 427 g/mol. The highest BCUT2D eigenvalue weighted by Crippen LogP contribution is 2.11. The Morgan fingerprint density at radius 1 is 1.00 bits per heavy atom. The molecular weight excluding hydrogens is 392 g/mol. The molecule has 168 valence electrons. The number of benzene rings is 2. The first-order valence-corrected chi connectivity index (χ1v) is 10.8. The summed E-state index contributed by atoms with van der Waals surface area (Å²) in [4.78, 5) is 16.8. The third kappa shape index (κ3) is 9.09. The van der Waals surface area contributed by atoms with Gasteiger partial charge >= 0.3 is 0 Å². The van der Waals surface area contributed by atoms with Gasteiger partial charge in [-0.25, -0.2) is 4.99 Å². The standard InChI is InChI=1S/C24H34N4O3/c1-4-25-23(29)21-9-6-8-20(16-21)18-28-24(26-14-7-15-31-5-2)27-17-19-10-12-22(30-3)13-11-19/h6,8-13,16H,4-5,7,14-15,17-18H2,1-3H3,(H,25,29)(H2,26,27,28). The fraction of sp³-hybridized carbons (Fsp3) is 0.417. The van der Waals surface area contributed by atoms with Crippen molar-refractivity contribution in [3.63, 3.8) is 0 Å². The second kappa shape index (κ2) is 14.0. The van der Waals surface area contributed by atoms with E-state index in [1.807, 2.05) is 62.4 Å². The topological polar surface area (TPSA) is 84.0 Å². The maximum atomic E-state index is 12.1. The van der Waals surface area contributed by atoms with Crippen molar-refractivity contribution < 1.29 is 14.3 Å². The molecule has 0 heterocycles. The first-order valence-electron chi connectivity index (χ1n) is 10.8. The van der Waals surface area contributed by atoms with Gasteiger partial charge in [-0.1, -0.05) is 24.3 Å². The van der Waals surface area contributed by atoms with E-state index in [1.165, 1.54) is 0 Å². The van der Waals surface area contributed by atoms with Gasteiger partial charge in [-0.05, 0) is 55.7 Å².